The minimum atomic E-state index is -3.26. The van der Waals surface area contributed by atoms with E-state index in [1.54, 1.807) is 20.0 Å². The Kier molecular flexibility index (Phi) is 6.06. The zero-order valence-electron chi connectivity index (χ0n) is 15.9. The highest BCUT2D eigenvalue weighted by atomic mass is 35.5. The molecule has 1 amide bonds. The second kappa shape index (κ2) is 8.21. The third-order valence-corrected chi connectivity index (χ3v) is 6.03. The quantitative estimate of drug-likeness (QED) is 0.613. The van der Waals surface area contributed by atoms with Crippen LogP contribution in [0.15, 0.2) is 24.3 Å². The molecule has 2 aromatic heterocycles. The second-order valence-corrected chi connectivity index (χ2v) is 10.3. The van der Waals surface area contributed by atoms with Crippen LogP contribution in [0.3, 0.4) is 0 Å². The Hall–Kier alpha value is -2.30. The van der Waals surface area contributed by atoms with Crippen molar-refractivity contribution < 1.29 is 17.6 Å². The van der Waals surface area contributed by atoms with Gasteiger partial charge in [0.05, 0.1) is 22.1 Å². The van der Waals surface area contributed by atoms with Crippen molar-refractivity contribution in [3.63, 3.8) is 0 Å². The number of nitrogens with one attached hydrogen (secondary N) is 1. The van der Waals surface area contributed by atoms with E-state index >= 15 is 0 Å². The van der Waals surface area contributed by atoms with E-state index in [0.29, 0.717) is 38.4 Å². The molecule has 0 unspecified atom stereocenters. The molecule has 3 rings (SSSR count). The largest absolute Gasteiger partial charge is 0.311 e. The molecule has 0 saturated heterocycles. The highest BCUT2D eigenvalue weighted by Gasteiger charge is 2.18. The fourth-order valence-electron chi connectivity index (χ4n) is 2.78. The number of anilines is 1. The van der Waals surface area contributed by atoms with Crippen molar-refractivity contribution in [1.29, 1.82) is 0 Å². The second-order valence-electron chi connectivity index (χ2n) is 6.65. The van der Waals surface area contributed by atoms with Crippen LogP contribution in [0, 0.1) is 12.7 Å². The lowest BCUT2D eigenvalue weighted by Crippen LogP contribution is -2.15. The van der Waals surface area contributed by atoms with Gasteiger partial charge in [0.1, 0.15) is 16.5 Å². The van der Waals surface area contributed by atoms with E-state index in [1.807, 2.05) is 0 Å². The number of carbonyl (C=O) groups is 1. The average molecular weight is 457 g/mol. The van der Waals surface area contributed by atoms with Crippen LogP contribution in [0.25, 0.3) is 0 Å². The van der Waals surface area contributed by atoms with Crippen LogP contribution in [-0.4, -0.2) is 35.3 Å². The highest BCUT2D eigenvalue weighted by molar-refractivity contribution is 7.89. The van der Waals surface area contributed by atoms with Crippen molar-refractivity contribution in [2.24, 2.45) is 7.05 Å². The van der Waals surface area contributed by atoms with Gasteiger partial charge in [-0.3, -0.25) is 9.48 Å². The smallest absolute Gasteiger partial charge is 0.274 e. The number of halogens is 2. The molecular formula is C18H18ClFN4O3S2. The summed E-state index contributed by atoms with van der Waals surface area (Å²) in [5.41, 5.74) is 1.83. The Balaban J connectivity index is 1.76. The van der Waals surface area contributed by atoms with Gasteiger partial charge in [-0.2, -0.15) is 5.10 Å². The maximum Gasteiger partial charge on any atom is 0.274 e. The monoisotopic (exact) mass is 456 g/mol. The summed E-state index contributed by atoms with van der Waals surface area (Å²) in [5.74, 6) is -1.09. The molecule has 0 aliphatic carbocycles. The van der Waals surface area contributed by atoms with Gasteiger partial charge in [0.25, 0.3) is 5.91 Å². The van der Waals surface area contributed by atoms with Crippen molar-refractivity contribution in [3.8, 4) is 0 Å². The number of aromatic nitrogens is 3. The number of rotatable bonds is 6. The SMILES string of the molecule is Cc1nc(Cc2cc(F)cc(Cl)c2)sc1NC(=O)c1cc(CS(C)(=O)=O)nn1C. The van der Waals surface area contributed by atoms with Gasteiger partial charge in [0.2, 0.25) is 0 Å². The minimum Gasteiger partial charge on any atom is -0.311 e. The molecule has 3 aromatic rings. The molecule has 0 radical (unpaired) electrons. The van der Waals surface area contributed by atoms with Crippen molar-refractivity contribution in [2.45, 2.75) is 19.1 Å². The molecule has 1 aromatic carbocycles. The standard InChI is InChI=1S/C18H18ClFN4O3S2/c1-10-18(28-16(21-10)6-11-4-12(19)7-13(20)5-11)22-17(25)15-8-14(23-24(15)2)9-29(3,26)27/h4-5,7-8H,6,9H2,1-3H3,(H,22,25). The maximum absolute atomic E-state index is 13.5. The molecule has 0 saturated carbocycles. The van der Waals surface area contributed by atoms with Gasteiger partial charge in [-0.1, -0.05) is 11.6 Å². The zero-order valence-corrected chi connectivity index (χ0v) is 18.3. The molecule has 0 atom stereocenters. The van der Waals surface area contributed by atoms with Gasteiger partial charge in [-0.15, -0.1) is 11.3 Å². The zero-order chi connectivity index (χ0) is 21.3. The molecule has 7 nitrogen and oxygen atoms in total. The summed E-state index contributed by atoms with van der Waals surface area (Å²) in [6.45, 7) is 1.76. The third-order valence-electron chi connectivity index (χ3n) is 3.92. The molecule has 0 spiro atoms. The number of nitrogens with zero attached hydrogens (tertiary/aromatic N) is 3. The molecule has 154 valence electrons. The molecule has 29 heavy (non-hydrogen) atoms. The minimum absolute atomic E-state index is 0.231. The van der Waals surface area contributed by atoms with E-state index in [1.165, 1.54) is 34.2 Å². The summed E-state index contributed by atoms with van der Waals surface area (Å²) in [7, 11) is -1.69. The predicted octanol–water partition coefficient (Wildman–Crippen LogP) is 3.37. The van der Waals surface area contributed by atoms with Crippen molar-refractivity contribution in [1.82, 2.24) is 14.8 Å². The Morgan fingerprint density at radius 2 is 2.03 bits per heavy atom. The van der Waals surface area contributed by atoms with E-state index in [0.717, 1.165) is 6.26 Å². The molecule has 0 bridgehead atoms. The van der Waals surface area contributed by atoms with Crippen LogP contribution in [0.5, 0.6) is 0 Å². The fraction of sp³-hybridized carbons (Fsp3) is 0.278. The number of carbonyl (C=O) groups excluding carboxylic acids is 1. The lowest BCUT2D eigenvalue weighted by Gasteiger charge is -2.03. The predicted molar refractivity (Wildman–Crippen MR) is 111 cm³/mol. The maximum atomic E-state index is 13.5. The number of benzene rings is 1. The Labute approximate surface area is 176 Å². The van der Waals surface area contributed by atoms with Gasteiger partial charge >= 0.3 is 0 Å². The first kappa shape index (κ1) is 21.4. The van der Waals surface area contributed by atoms with Crippen LogP contribution < -0.4 is 5.32 Å². The van der Waals surface area contributed by atoms with Crippen LogP contribution in [0.2, 0.25) is 5.02 Å². The number of amides is 1. The summed E-state index contributed by atoms with van der Waals surface area (Å²) in [4.78, 5) is 17.0. The van der Waals surface area contributed by atoms with E-state index in [-0.39, 0.29) is 11.4 Å². The molecular weight excluding hydrogens is 439 g/mol. The van der Waals surface area contributed by atoms with Crippen LogP contribution in [0.1, 0.15) is 32.4 Å². The number of aryl methyl sites for hydroxylation is 2. The average Bonchev–Trinajstić information content (AvgIpc) is 3.07. The molecule has 0 aliphatic heterocycles. The summed E-state index contributed by atoms with van der Waals surface area (Å²) in [6.07, 6.45) is 1.48. The Morgan fingerprint density at radius 1 is 1.31 bits per heavy atom. The molecule has 0 fully saturated rings. The lowest BCUT2D eigenvalue weighted by molar-refractivity contribution is 0.101. The van der Waals surface area contributed by atoms with E-state index in [9.17, 15) is 17.6 Å². The third kappa shape index (κ3) is 5.62. The van der Waals surface area contributed by atoms with E-state index in [4.69, 9.17) is 11.6 Å². The summed E-state index contributed by atoms with van der Waals surface area (Å²) in [6, 6.07) is 5.73. The van der Waals surface area contributed by atoms with Gasteiger partial charge in [-0.05, 0) is 36.8 Å². The fourth-order valence-corrected chi connectivity index (χ4v) is 4.69. The van der Waals surface area contributed by atoms with Crippen LogP contribution in [0.4, 0.5) is 9.39 Å². The first-order valence-electron chi connectivity index (χ1n) is 8.43. The summed E-state index contributed by atoms with van der Waals surface area (Å²) in [5, 5.41) is 8.41. The van der Waals surface area contributed by atoms with Gasteiger partial charge in [0.15, 0.2) is 9.84 Å². The first-order chi connectivity index (χ1) is 13.5. The Bertz CT molecular complexity index is 1170. The van der Waals surface area contributed by atoms with E-state index < -0.39 is 21.6 Å². The number of sulfone groups is 1. The van der Waals surface area contributed by atoms with Crippen molar-refractivity contribution >= 4 is 43.7 Å². The molecule has 1 N–H and O–H groups in total. The number of hydrogen-bond donors (Lipinski definition) is 1. The lowest BCUT2D eigenvalue weighted by atomic mass is 10.1. The van der Waals surface area contributed by atoms with Crippen LogP contribution in [-0.2, 0) is 29.1 Å². The molecule has 0 aliphatic rings. The van der Waals surface area contributed by atoms with E-state index in [2.05, 4.69) is 15.4 Å². The van der Waals surface area contributed by atoms with Gasteiger partial charge < -0.3 is 5.32 Å². The van der Waals surface area contributed by atoms with Crippen LogP contribution >= 0.6 is 22.9 Å². The first-order valence-corrected chi connectivity index (χ1v) is 11.7. The molecule has 2 heterocycles. The normalized spacial score (nSPS) is 11.6. The number of thiazole rings is 1. The Morgan fingerprint density at radius 3 is 2.69 bits per heavy atom. The van der Waals surface area contributed by atoms with Gasteiger partial charge in [0, 0.05) is 24.7 Å². The van der Waals surface area contributed by atoms with Crippen molar-refractivity contribution in [2.75, 3.05) is 11.6 Å². The molecule has 11 heteroatoms. The van der Waals surface area contributed by atoms with Gasteiger partial charge in [-0.25, -0.2) is 17.8 Å². The summed E-state index contributed by atoms with van der Waals surface area (Å²) >= 11 is 7.16. The van der Waals surface area contributed by atoms with Crippen molar-refractivity contribution in [3.05, 3.63) is 62.8 Å². The summed E-state index contributed by atoms with van der Waals surface area (Å²) < 4.78 is 37.7. The number of hydrogen-bond acceptors (Lipinski definition) is 6. The highest BCUT2D eigenvalue weighted by Crippen LogP contribution is 2.27. The topological polar surface area (TPSA) is 93.9 Å².